The number of hydrogen-bond acceptors (Lipinski definition) is 4. The van der Waals surface area contributed by atoms with Crippen molar-refractivity contribution in [2.75, 3.05) is 12.4 Å². The summed E-state index contributed by atoms with van der Waals surface area (Å²) in [7, 11) is 1.60. The number of nitriles is 1. The lowest BCUT2D eigenvalue weighted by Crippen LogP contribution is -2.06. The van der Waals surface area contributed by atoms with Gasteiger partial charge in [-0.15, -0.1) is 11.3 Å². The van der Waals surface area contributed by atoms with Gasteiger partial charge in [-0.2, -0.15) is 5.26 Å². The second-order valence-corrected chi connectivity index (χ2v) is 5.78. The predicted octanol–water partition coefficient (Wildman–Crippen LogP) is 4.45. The fourth-order valence-corrected chi connectivity index (χ4v) is 2.80. The van der Waals surface area contributed by atoms with Crippen molar-refractivity contribution in [1.82, 2.24) is 0 Å². The minimum Gasteiger partial charge on any atom is -0.497 e. The summed E-state index contributed by atoms with van der Waals surface area (Å²) in [6, 6.07) is 11.4. The second-order valence-electron chi connectivity index (χ2n) is 4.03. The lowest BCUT2D eigenvalue weighted by atomic mass is 10.1. The summed E-state index contributed by atoms with van der Waals surface area (Å²) in [6.45, 7) is 2.03. The molecule has 3 nitrogen and oxygen atoms in total. The number of benzene rings is 1. The molecule has 0 bridgehead atoms. The lowest BCUT2D eigenvalue weighted by molar-refractivity contribution is 0.415. The Morgan fingerprint density at radius 3 is 2.74 bits per heavy atom. The summed E-state index contributed by atoms with van der Waals surface area (Å²) < 4.78 is 5.94. The highest BCUT2D eigenvalue weighted by atomic mass is 35.5. The van der Waals surface area contributed by atoms with Crippen molar-refractivity contribution in [3.8, 4) is 11.8 Å². The van der Waals surface area contributed by atoms with Crippen molar-refractivity contribution < 1.29 is 4.74 Å². The average molecular weight is 293 g/mol. The Morgan fingerprint density at radius 2 is 2.16 bits per heavy atom. The van der Waals surface area contributed by atoms with Gasteiger partial charge in [-0.1, -0.05) is 11.6 Å². The van der Waals surface area contributed by atoms with Crippen LogP contribution in [0.5, 0.6) is 5.75 Å². The third kappa shape index (κ3) is 3.19. The van der Waals surface area contributed by atoms with Crippen molar-refractivity contribution >= 4 is 28.6 Å². The van der Waals surface area contributed by atoms with Crippen LogP contribution in [0.1, 0.15) is 23.4 Å². The van der Waals surface area contributed by atoms with Gasteiger partial charge in [0.25, 0.3) is 0 Å². The van der Waals surface area contributed by atoms with E-state index < -0.39 is 0 Å². The number of rotatable bonds is 4. The van der Waals surface area contributed by atoms with E-state index in [1.807, 2.05) is 25.1 Å². The summed E-state index contributed by atoms with van der Waals surface area (Å²) in [5.41, 5.74) is 1.36. The molecule has 0 saturated heterocycles. The maximum atomic E-state index is 9.12. The molecule has 2 aromatic rings. The highest BCUT2D eigenvalue weighted by molar-refractivity contribution is 7.16. The molecule has 0 aliphatic rings. The molecule has 0 radical (unpaired) electrons. The number of methoxy groups -OCH3 is 1. The van der Waals surface area contributed by atoms with Gasteiger partial charge in [0.05, 0.1) is 28.7 Å². The van der Waals surface area contributed by atoms with Gasteiger partial charge in [0.1, 0.15) is 11.8 Å². The first-order valence-electron chi connectivity index (χ1n) is 5.74. The summed E-state index contributed by atoms with van der Waals surface area (Å²) in [6.07, 6.45) is 0. The van der Waals surface area contributed by atoms with E-state index in [0.717, 1.165) is 20.7 Å². The normalized spacial score (nSPS) is 11.7. The molecular weight excluding hydrogens is 280 g/mol. The molecule has 1 heterocycles. The Labute approximate surface area is 121 Å². The Balaban J connectivity index is 2.25. The van der Waals surface area contributed by atoms with E-state index in [9.17, 15) is 0 Å². The largest absolute Gasteiger partial charge is 0.497 e. The fourth-order valence-electron chi connectivity index (χ4n) is 1.73. The van der Waals surface area contributed by atoms with Gasteiger partial charge in [0.2, 0.25) is 0 Å². The van der Waals surface area contributed by atoms with Crippen LogP contribution < -0.4 is 10.1 Å². The molecular formula is C14H13ClN2OS. The number of hydrogen-bond donors (Lipinski definition) is 1. The summed E-state index contributed by atoms with van der Waals surface area (Å²) in [5, 5.41) is 12.4. The van der Waals surface area contributed by atoms with Crippen LogP contribution in [-0.4, -0.2) is 7.11 Å². The minimum absolute atomic E-state index is 0.0803. The van der Waals surface area contributed by atoms with Crippen LogP contribution in [-0.2, 0) is 0 Å². The smallest absolute Gasteiger partial charge is 0.121 e. The van der Waals surface area contributed by atoms with Crippen LogP contribution in [0.2, 0.25) is 4.34 Å². The fraction of sp³-hybridized carbons (Fsp3) is 0.214. The number of thiophene rings is 1. The van der Waals surface area contributed by atoms with Crippen molar-refractivity contribution in [1.29, 1.82) is 5.26 Å². The lowest BCUT2D eigenvalue weighted by Gasteiger charge is -2.15. The van der Waals surface area contributed by atoms with Crippen molar-refractivity contribution in [2.45, 2.75) is 13.0 Å². The van der Waals surface area contributed by atoms with Crippen molar-refractivity contribution in [2.24, 2.45) is 0 Å². The molecule has 1 atom stereocenters. The predicted molar refractivity (Wildman–Crippen MR) is 79.1 cm³/mol. The van der Waals surface area contributed by atoms with Gasteiger partial charge in [-0.05, 0) is 31.2 Å². The maximum absolute atomic E-state index is 9.12. The summed E-state index contributed by atoms with van der Waals surface area (Å²) >= 11 is 7.46. The van der Waals surface area contributed by atoms with E-state index >= 15 is 0 Å². The zero-order chi connectivity index (χ0) is 13.8. The second kappa shape index (κ2) is 5.96. The maximum Gasteiger partial charge on any atom is 0.121 e. The van der Waals surface area contributed by atoms with E-state index in [-0.39, 0.29) is 6.04 Å². The average Bonchev–Trinajstić information content (AvgIpc) is 2.85. The molecule has 0 fully saturated rings. The van der Waals surface area contributed by atoms with E-state index in [1.54, 1.807) is 19.2 Å². The van der Waals surface area contributed by atoms with Gasteiger partial charge in [-0.25, -0.2) is 0 Å². The SMILES string of the molecule is COc1ccc(C#N)c(NC(C)c2ccc(Cl)s2)c1. The molecule has 98 valence electrons. The van der Waals surface area contributed by atoms with Crippen LogP contribution in [0.4, 0.5) is 5.69 Å². The van der Waals surface area contributed by atoms with Crippen LogP contribution in [0, 0.1) is 11.3 Å². The molecule has 1 aromatic heterocycles. The third-order valence-corrected chi connectivity index (χ3v) is 4.15. The van der Waals surface area contributed by atoms with Gasteiger partial charge >= 0.3 is 0 Å². The monoisotopic (exact) mass is 292 g/mol. The molecule has 0 spiro atoms. The van der Waals surface area contributed by atoms with Crippen LogP contribution >= 0.6 is 22.9 Å². The topological polar surface area (TPSA) is 45.0 Å². The van der Waals surface area contributed by atoms with Crippen molar-refractivity contribution in [3.05, 3.63) is 45.1 Å². The van der Waals surface area contributed by atoms with Gasteiger partial charge in [0, 0.05) is 10.9 Å². The molecule has 0 amide bonds. The molecule has 1 N–H and O–H groups in total. The summed E-state index contributed by atoms with van der Waals surface area (Å²) in [4.78, 5) is 1.12. The third-order valence-electron chi connectivity index (χ3n) is 2.74. The highest BCUT2D eigenvalue weighted by Gasteiger charge is 2.11. The number of nitrogens with one attached hydrogen (secondary N) is 1. The van der Waals surface area contributed by atoms with Crippen LogP contribution in [0.3, 0.4) is 0 Å². The van der Waals surface area contributed by atoms with Crippen LogP contribution in [0.15, 0.2) is 30.3 Å². The molecule has 0 aliphatic heterocycles. The minimum atomic E-state index is 0.0803. The van der Waals surface area contributed by atoms with E-state index in [0.29, 0.717) is 5.56 Å². The Kier molecular flexibility index (Phi) is 4.31. The molecule has 1 aromatic carbocycles. The molecule has 0 aliphatic carbocycles. The Bertz CT molecular complexity index is 618. The number of anilines is 1. The van der Waals surface area contributed by atoms with Gasteiger partial charge in [0.15, 0.2) is 0 Å². The molecule has 5 heteroatoms. The Morgan fingerprint density at radius 1 is 1.37 bits per heavy atom. The molecule has 19 heavy (non-hydrogen) atoms. The van der Waals surface area contributed by atoms with E-state index in [2.05, 4.69) is 11.4 Å². The van der Waals surface area contributed by atoms with Crippen molar-refractivity contribution in [3.63, 3.8) is 0 Å². The van der Waals surface area contributed by atoms with Gasteiger partial charge in [-0.3, -0.25) is 0 Å². The molecule has 1 unspecified atom stereocenters. The highest BCUT2D eigenvalue weighted by Crippen LogP contribution is 2.31. The number of ether oxygens (including phenoxy) is 1. The van der Waals surface area contributed by atoms with E-state index in [4.69, 9.17) is 21.6 Å². The summed E-state index contributed by atoms with van der Waals surface area (Å²) in [5.74, 6) is 0.720. The zero-order valence-corrected chi connectivity index (χ0v) is 12.2. The number of nitrogens with zero attached hydrogens (tertiary/aromatic N) is 1. The van der Waals surface area contributed by atoms with E-state index in [1.165, 1.54) is 11.3 Å². The Hall–Kier alpha value is -1.70. The number of halogens is 1. The quantitative estimate of drug-likeness (QED) is 0.905. The standard InChI is InChI=1S/C14H13ClN2OS/c1-9(13-5-6-14(15)19-13)17-12-7-11(18-2)4-3-10(12)8-16/h3-7,9,17H,1-2H3. The zero-order valence-electron chi connectivity index (χ0n) is 10.6. The first kappa shape index (κ1) is 13.7. The van der Waals surface area contributed by atoms with Crippen LogP contribution in [0.25, 0.3) is 0 Å². The molecule has 2 rings (SSSR count). The molecule has 0 saturated carbocycles. The first-order valence-corrected chi connectivity index (χ1v) is 6.93. The van der Waals surface area contributed by atoms with Gasteiger partial charge < -0.3 is 10.1 Å². The first-order chi connectivity index (χ1) is 9.13.